The van der Waals surface area contributed by atoms with Gasteiger partial charge in [0.05, 0.1) is 5.25 Å². The van der Waals surface area contributed by atoms with Gasteiger partial charge in [-0.2, -0.15) is 11.8 Å². The molecule has 5 nitrogen and oxygen atoms in total. The Morgan fingerprint density at radius 3 is 2.46 bits per heavy atom. The highest BCUT2D eigenvalue weighted by molar-refractivity contribution is 7.99. The van der Waals surface area contributed by atoms with Crippen LogP contribution in [-0.2, 0) is 11.3 Å². The molecule has 0 bridgehead atoms. The van der Waals surface area contributed by atoms with Crippen LogP contribution in [0.2, 0.25) is 0 Å². The zero-order chi connectivity index (χ0) is 17.4. The maximum absolute atomic E-state index is 12.1. The van der Waals surface area contributed by atoms with Crippen LogP contribution in [0.5, 0.6) is 0 Å². The summed E-state index contributed by atoms with van der Waals surface area (Å²) >= 11 is 1.52. The van der Waals surface area contributed by atoms with Gasteiger partial charge in [0.2, 0.25) is 5.91 Å². The smallest absolute Gasteiger partial charge is 0.251 e. The molecule has 1 fully saturated rings. The first-order chi connectivity index (χ1) is 11.6. The van der Waals surface area contributed by atoms with Gasteiger partial charge in [0, 0.05) is 25.2 Å². The van der Waals surface area contributed by atoms with Crippen LogP contribution in [-0.4, -0.2) is 54.4 Å². The van der Waals surface area contributed by atoms with Gasteiger partial charge in [-0.1, -0.05) is 12.1 Å². The average Bonchev–Trinajstić information content (AvgIpc) is 3.12. The first-order valence-electron chi connectivity index (χ1n) is 8.50. The Morgan fingerprint density at radius 1 is 1.17 bits per heavy atom. The van der Waals surface area contributed by atoms with Gasteiger partial charge < -0.3 is 15.5 Å². The molecule has 1 unspecified atom stereocenters. The normalized spacial score (nSPS) is 15.9. The molecule has 1 atom stereocenters. The lowest BCUT2D eigenvalue weighted by Crippen LogP contribution is -2.33. The fourth-order valence-corrected chi connectivity index (χ4v) is 2.95. The number of rotatable bonds is 8. The van der Waals surface area contributed by atoms with Gasteiger partial charge in [-0.05, 0) is 56.8 Å². The second-order valence-corrected chi connectivity index (χ2v) is 7.28. The van der Waals surface area contributed by atoms with E-state index < -0.39 is 0 Å². The van der Waals surface area contributed by atoms with Gasteiger partial charge in [0.1, 0.15) is 0 Å². The molecule has 1 aromatic rings. The van der Waals surface area contributed by atoms with Crippen LogP contribution in [0.3, 0.4) is 0 Å². The van der Waals surface area contributed by atoms with Gasteiger partial charge in [0.25, 0.3) is 5.91 Å². The first-order valence-corrected chi connectivity index (χ1v) is 9.79. The third kappa shape index (κ3) is 5.83. The first kappa shape index (κ1) is 18.8. The summed E-state index contributed by atoms with van der Waals surface area (Å²) in [7, 11) is 0. The second-order valence-electron chi connectivity index (χ2n) is 6.10. The van der Waals surface area contributed by atoms with Crippen molar-refractivity contribution in [2.24, 2.45) is 0 Å². The van der Waals surface area contributed by atoms with Gasteiger partial charge in [0.15, 0.2) is 0 Å². The molecule has 0 radical (unpaired) electrons. The maximum atomic E-state index is 12.1. The van der Waals surface area contributed by atoms with Crippen molar-refractivity contribution in [3.63, 3.8) is 0 Å². The highest BCUT2D eigenvalue weighted by atomic mass is 32.2. The van der Waals surface area contributed by atoms with E-state index in [1.165, 1.54) is 24.6 Å². The highest BCUT2D eigenvalue weighted by Crippen LogP contribution is 2.08. The van der Waals surface area contributed by atoms with Crippen LogP contribution in [0, 0.1) is 0 Å². The standard InChI is InChI=1S/C18H27N3O2S/c1-14(24-2)17(22)20-13-15-5-7-16(8-6-15)18(23)19-9-12-21-10-3-4-11-21/h5-8,14H,3-4,9-13H2,1-2H3,(H,19,23)(H,20,22). The monoisotopic (exact) mass is 349 g/mol. The van der Waals surface area contributed by atoms with Gasteiger partial charge in [-0.15, -0.1) is 0 Å². The minimum Gasteiger partial charge on any atom is -0.351 e. The summed E-state index contributed by atoms with van der Waals surface area (Å²) in [6.45, 7) is 6.26. The van der Waals surface area contributed by atoms with Crippen molar-refractivity contribution in [3.05, 3.63) is 35.4 Å². The van der Waals surface area contributed by atoms with Crippen molar-refractivity contribution < 1.29 is 9.59 Å². The molecule has 6 heteroatoms. The number of carbonyl (C=O) groups is 2. The van der Waals surface area contributed by atoms with E-state index in [4.69, 9.17) is 0 Å². The topological polar surface area (TPSA) is 61.4 Å². The predicted octanol–water partition coefficient (Wildman–Crippen LogP) is 1.88. The van der Waals surface area contributed by atoms with Crippen molar-refractivity contribution in [2.45, 2.75) is 31.6 Å². The van der Waals surface area contributed by atoms with E-state index >= 15 is 0 Å². The lowest BCUT2D eigenvalue weighted by molar-refractivity contribution is -0.120. The molecule has 24 heavy (non-hydrogen) atoms. The number of amides is 2. The Hall–Kier alpha value is -1.53. The van der Waals surface area contributed by atoms with Crippen molar-refractivity contribution in [1.82, 2.24) is 15.5 Å². The molecule has 0 spiro atoms. The largest absolute Gasteiger partial charge is 0.351 e. The maximum Gasteiger partial charge on any atom is 0.251 e. The molecule has 1 aromatic carbocycles. The van der Waals surface area contributed by atoms with E-state index in [0.29, 0.717) is 18.7 Å². The van der Waals surface area contributed by atoms with Crippen LogP contribution in [0.4, 0.5) is 0 Å². The summed E-state index contributed by atoms with van der Waals surface area (Å²) in [5, 5.41) is 5.81. The molecular weight excluding hydrogens is 322 g/mol. The number of benzene rings is 1. The average molecular weight is 350 g/mol. The fraction of sp³-hybridized carbons (Fsp3) is 0.556. The lowest BCUT2D eigenvalue weighted by atomic mass is 10.1. The van der Waals surface area contributed by atoms with E-state index in [9.17, 15) is 9.59 Å². The Balaban J connectivity index is 1.73. The molecule has 0 aliphatic carbocycles. The Labute approximate surface area is 148 Å². The van der Waals surface area contributed by atoms with Crippen LogP contribution < -0.4 is 10.6 Å². The van der Waals surface area contributed by atoms with E-state index in [-0.39, 0.29) is 17.1 Å². The van der Waals surface area contributed by atoms with Crippen LogP contribution in [0.25, 0.3) is 0 Å². The second kappa shape index (κ2) is 9.69. The molecule has 2 rings (SSSR count). The number of nitrogens with one attached hydrogen (secondary N) is 2. The summed E-state index contributed by atoms with van der Waals surface area (Å²) in [4.78, 5) is 26.2. The van der Waals surface area contributed by atoms with Crippen molar-refractivity contribution in [2.75, 3.05) is 32.4 Å². The van der Waals surface area contributed by atoms with Crippen molar-refractivity contribution in [3.8, 4) is 0 Å². The molecule has 0 saturated carbocycles. The van der Waals surface area contributed by atoms with E-state index in [2.05, 4.69) is 15.5 Å². The van der Waals surface area contributed by atoms with Gasteiger partial charge >= 0.3 is 0 Å². The van der Waals surface area contributed by atoms with Crippen LogP contribution in [0.1, 0.15) is 35.7 Å². The molecule has 0 aromatic heterocycles. The number of hydrogen-bond acceptors (Lipinski definition) is 4. The number of hydrogen-bond donors (Lipinski definition) is 2. The highest BCUT2D eigenvalue weighted by Gasteiger charge is 2.12. The molecular formula is C18H27N3O2S. The molecule has 1 aliphatic rings. The molecule has 1 aliphatic heterocycles. The minimum atomic E-state index is -0.0503. The van der Waals surface area contributed by atoms with E-state index in [1.54, 1.807) is 0 Å². The third-order valence-electron chi connectivity index (χ3n) is 4.32. The molecule has 2 N–H and O–H groups in total. The fourth-order valence-electron chi connectivity index (χ4n) is 2.65. The zero-order valence-corrected chi connectivity index (χ0v) is 15.3. The quantitative estimate of drug-likeness (QED) is 0.752. The van der Waals surface area contributed by atoms with Crippen LogP contribution >= 0.6 is 11.8 Å². The van der Waals surface area contributed by atoms with Crippen LogP contribution in [0.15, 0.2) is 24.3 Å². The SMILES string of the molecule is CSC(C)C(=O)NCc1ccc(C(=O)NCCN2CCCC2)cc1. The van der Waals surface area contributed by atoms with Gasteiger partial charge in [-0.3, -0.25) is 9.59 Å². The third-order valence-corrected chi connectivity index (χ3v) is 5.24. The Bertz CT molecular complexity index is 542. The lowest BCUT2D eigenvalue weighted by Gasteiger charge is -2.14. The molecule has 1 saturated heterocycles. The summed E-state index contributed by atoms with van der Waals surface area (Å²) in [5.41, 5.74) is 1.65. The number of thioether (sulfide) groups is 1. The summed E-state index contributed by atoms with van der Waals surface area (Å²) < 4.78 is 0. The number of likely N-dealkylation sites (tertiary alicyclic amines) is 1. The molecule has 2 amide bonds. The molecule has 132 valence electrons. The van der Waals surface area contributed by atoms with Gasteiger partial charge in [-0.25, -0.2) is 0 Å². The van der Waals surface area contributed by atoms with Crippen molar-refractivity contribution >= 4 is 23.6 Å². The molecule has 1 heterocycles. The minimum absolute atomic E-state index is 0.0335. The van der Waals surface area contributed by atoms with Crippen molar-refractivity contribution in [1.29, 1.82) is 0 Å². The zero-order valence-electron chi connectivity index (χ0n) is 14.5. The summed E-state index contributed by atoms with van der Waals surface area (Å²) in [6, 6.07) is 7.40. The summed E-state index contributed by atoms with van der Waals surface area (Å²) in [5.74, 6) is -0.00739. The Kier molecular flexibility index (Phi) is 7.59. The summed E-state index contributed by atoms with van der Waals surface area (Å²) in [6.07, 6.45) is 4.45. The Morgan fingerprint density at radius 2 is 1.83 bits per heavy atom. The van der Waals surface area contributed by atoms with E-state index in [1.807, 2.05) is 37.4 Å². The number of nitrogens with zero attached hydrogens (tertiary/aromatic N) is 1. The number of carbonyl (C=O) groups excluding carboxylic acids is 2. The van der Waals surface area contributed by atoms with E-state index in [0.717, 1.165) is 25.2 Å². The predicted molar refractivity (Wildman–Crippen MR) is 99.3 cm³/mol.